The molecule has 1 unspecified atom stereocenters. The van der Waals surface area contributed by atoms with E-state index in [9.17, 15) is 4.79 Å². The van der Waals surface area contributed by atoms with Crippen LogP contribution in [0.5, 0.6) is 0 Å². The lowest BCUT2D eigenvalue weighted by atomic mass is 9.97. The van der Waals surface area contributed by atoms with Gasteiger partial charge in [0.15, 0.2) is 5.76 Å². The Morgan fingerprint density at radius 2 is 2.31 bits per heavy atom. The standard InChI is InChI=1S/C19H28N4O3/c1-2-3-4-5-10-20-19(24)15-8-6-11-23(13-15)14-17-21-18(22-26-17)16-9-7-12-25-16/h7,9,12,15H,2-6,8,10-11,13-14H2,1H3,(H,20,24). The highest BCUT2D eigenvalue weighted by atomic mass is 16.5. The van der Waals surface area contributed by atoms with Crippen LogP contribution in [0, 0.1) is 5.92 Å². The number of piperidine rings is 1. The van der Waals surface area contributed by atoms with Crippen LogP contribution in [0.1, 0.15) is 51.3 Å². The molecule has 0 spiro atoms. The summed E-state index contributed by atoms with van der Waals surface area (Å²) in [4.78, 5) is 19.0. The van der Waals surface area contributed by atoms with Crippen LogP contribution in [-0.2, 0) is 11.3 Å². The van der Waals surface area contributed by atoms with Gasteiger partial charge < -0.3 is 14.3 Å². The van der Waals surface area contributed by atoms with Gasteiger partial charge in [0.05, 0.1) is 18.7 Å². The fourth-order valence-electron chi connectivity index (χ4n) is 3.34. The van der Waals surface area contributed by atoms with Crippen molar-refractivity contribution in [2.75, 3.05) is 19.6 Å². The molecule has 142 valence electrons. The number of nitrogens with zero attached hydrogens (tertiary/aromatic N) is 3. The van der Waals surface area contributed by atoms with Gasteiger partial charge in [-0.15, -0.1) is 0 Å². The van der Waals surface area contributed by atoms with Crippen molar-refractivity contribution in [3.8, 4) is 11.6 Å². The third kappa shape index (κ3) is 5.17. The van der Waals surface area contributed by atoms with Gasteiger partial charge in [-0.1, -0.05) is 31.3 Å². The van der Waals surface area contributed by atoms with Crippen molar-refractivity contribution in [3.05, 3.63) is 24.3 Å². The first-order valence-corrected chi connectivity index (χ1v) is 9.62. The molecule has 3 rings (SSSR count). The van der Waals surface area contributed by atoms with Gasteiger partial charge in [-0.25, -0.2) is 0 Å². The second-order valence-electron chi connectivity index (χ2n) is 6.91. The van der Waals surface area contributed by atoms with Gasteiger partial charge >= 0.3 is 0 Å². The van der Waals surface area contributed by atoms with E-state index in [0.717, 1.165) is 38.9 Å². The van der Waals surface area contributed by atoms with Crippen molar-refractivity contribution < 1.29 is 13.7 Å². The van der Waals surface area contributed by atoms with Gasteiger partial charge in [-0.2, -0.15) is 4.98 Å². The molecule has 26 heavy (non-hydrogen) atoms. The monoisotopic (exact) mass is 360 g/mol. The van der Waals surface area contributed by atoms with E-state index in [0.29, 0.717) is 24.0 Å². The zero-order valence-corrected chi connectivity index (χ0v) is 15.4. The summed E-state index contributed by atoms with van der Waals surface area (Å²) in [6.45, 7) is 5.22. The average molecular weight is 360 g/mol. The van der Waals surface area contributed by atoms with Gasteiger partial charge in [0.25, 0.3) is 0 Å². The molecular formula is C19H28N4O3. The van der Waals surface area contributed by atoms with Crippen molar-refractivity contribution in [1.82, 2.24) is 20.4 Å². The number of carbonyl (C=O) groups excluding carboxylic acids is 1. The fourth-order valence-corrected chi connectivity index (χ4v) is 3.34. The number of likely N-dealkylation sites (tertiary alicyclic amines) is 1. The quantitative estimate of drug-likeness (QED) is 0.691. The van der Waals surface area contributed by atoms with Crippen LogP contribution in [0.2, 0.25) is 0 Å². The lowest BCUT2D eigenvalue weighted by Gasteiger charge is -2.30. The van der Waals surface area contributed by atoms with E-state index in [-0.39, 0.29) is 11.8 Å². The number of amides is 1. The Hall–Kier alpha value is -2.15. The summed E-state index contributed by atoms with van der Waals surface area (Å²) < 4.78 is 10.6. The lowest BCUT2D eigenvalue weighted by molar-refractivity contribution is -0.126. The smallest absolute Gasteiger partial charge is 0.241 e. The normalized spacial score (nSPS) is 18.1. The second-order valence-corrected chi connectivity index (χ2v) is 6.91. The van der Waals surface area contributed by atoms with Crippen LogP contribution in [0.15, 0.2) is 27.3 Å². The highest BCUT2D eigenvalue weighted by Gasteiger charge is 2.26. The molecule has 0 radical (unpaired) electrons. The van der Waals surface area contributed by atoms with Crippen LogP contribution in [0.3, 0.4) is 0 Å². The molecule has 1 amide bonds. The summed E-state index contributed by atoms with van der Waals surface area (Å²) in [6, 6.07) is 3.60. The van der Waals surface area contributed by atoms with Crippen LogP contribution < -0.4 is 5.32 Å². The van der Waals surface area contributed by atoms with Crippen LogP contribution >= 0.6 is 0 Å². The minimum Gasteiger partial charge on any atom is -0.461 e. The lowest BCUT2D eigenvalue weighted by Crippen LogP contribution is -2.42. The Morgan fingerprint density at radius 1 is 1.38 bits per heavy atom. The summed E-state index contributed by atoms with van der Waals surface area (Å²) in [5, 5.41) is 7.05. The van der Waals surface area contributed by atoms with E-state index < -0.39 is 0 Å². The Bertz CT molecular complexity index is 668. The predicted octanol–water partition coefficient (Wildman–Crippen LogP) is 3.24. The number of carbonyl (C=O) groups is 1. The molecule has 1 aliphatic heterocycles. The highest BCUT2D eigenvalue weighted by molar-refractivity contribution is 5.78. The Kier molecular flexibility index (Phi) is 6.82. The van der Waals surface area contributed by atoms with Gasteiger partial charge in [0, 0.05) is 13.1 Å². The molecule has 2 aromatic heterocycles. The maximum absolute atomic E-state index is 12.4. The molecule has 0 aromatic carbocycles. The average Bonchev–Trinajstić information content (AvgIpc) is 3.33. The SMILES string of the molecule is CCCCCCNC(=O)C1CCCN(Cc2nc(-c3ccco3)no2)C1. The van der Waals surface area contributed by atoms with Crippen molar-refractivity contribution in [3.63, 3.8) is 0 Å². The Morgan fingerprint density at radius 3 is 3.12 bits per heavy atom. The number of hydrogen-bond donors (Lipinski definition) is 1. The minimum absolute atomic E-state index is 0.0439. The molecule has 1 saturated heterocycles. The van der Waals surface area contributed by atoms with Crippen molar-refractivity contribution in [2.45, 2.75) is 52.0 Å². The van der Waals surface area contributed by atoms with Crippen LogP contribution in [-0.4, -0.2) is 40.6 Å². The summed E-state index contributed by atoms with van der Waals surface area (Å²) in [5.41, 5.74) is 0. The zero-order chi connectivity index (χ0) is 18.2. The van der Waals surface area contributed by atoms with Crippen LogP contribution in [0.4, 0.5) is 0 Å². The first kappa shape index (κ1) is 18.6. The zero-order valence-electron chi connectivity index (χ0n) is 15.4. The van der Waals surface area contributed by atoms with E-state index in [1.807, 2.05) is 0 Å². The van der Waals surface area contributed by atoms with Crippen molar-refractivity contribution >= 4 is 5.91 Å². The first-order chi connectivity index (χ1) is 12.8. The molecule has 1 aliphatic rings. The molecule has 0 aliphatic carbocycles. The van der Waals surface area contributed by atoms with Gasteiger partial charge in [-0.05, 0) is 37.9 Å². The molecule has 0 bridgehead atoms. The number of aromatic nitrogens is 2. The number of hydrogen-bond acceptors (Lipinski definition) is 6. The summed E-state index contributed by atoms with van der Waals surface area (Å²) in [7, 11) is 0. The highest BCUT2D eigenvalue weighted by Crippen LogP contribution is 2.20. The summed E-state index contributed by atoms with van der Waals surface area (Å²) in [6.07, 6.45) is 8.23. The third-order valence-electron chi connectivity index (χ3n) is 4.77. The molecule has 1 fully saturated rings. The molecule has 2 aromatic rings. The molecule has 1 N–H and O–H groups in total. The summed E-state index contributed by atoms with van der Waals surface area (Å²) in [5.74, 6) is 1.83. The summed E-state index contributed by atoms with van der Waals surface area (Å²) >= 11 is 0. The minimum atomic E-state index is 0.0439. The van der Waals surface area contributed by atoms with Crippen molar-refractivity contribution in [1.29, 1.82) is 0 Å². The maximum Gasteiger partial charge on any atom is 0.241 e. The number of rotatable bonds is 9. The second kappa shape index (κ2) is 9.52. The Labute approximate surface area is 154 Å². The maximum atomic E-state index is 12.4. The fraction of sp³-hybridized carbons (Fsp3) is 0.632. The van der Waals surface area contributed by atoms with Gasteiger partial charge in [0.1, 0.15) is 0 Å². The third-order valence-corrected chi connectivity index (χ3v) is 4.77. The van der Waals surface area contributed by atoms with Crippen molar-refractivity contribution in [2.24, 2.45) is 5.92 Å². The molecule has 3 heterocycles. The predicted molar refractivity (Wildman–Crippen MR) is 97.2 cm³/mol. The first-order valence-electron chi connectivity index (χ1n) is 9.62. The van der Waals surface area contributed by atoms with E-state index in [1.54, 1.807) is 18.4 Å². The van der Waals surface area contributed by atoms with E-state index >= 15 is 0 Å². The number of furan rings is 1. The number of unbranched alkanes of at least 4 members (excludes halogenated alkanes) is 3. The van der Waals surface area contributed by atoms with E-state index in [1.165, 1.54) is 19.3 Å². The van der Waals surface area contributed by atoms with E-state index in [2.05, 4.69) is 27.3 Å². The number of nitrogens with one attached hydrogen (secondary N) is 1. The molecule has 0 saturated carbocycles. The largest absolute Gasteiger partial charge is 0.461 e. The molecule has 7 heteroatoms. The van der Waals surface area contributed by atoms with Crippen LogP contribution in [0.25, 0.3) is 11.6 Å². The topological polar surface area (TPSA) is 84.4 Å². The van der Waals surface area contributed by atoms with Gasteiger partial charge in [-0.3, -0.25) is 9.69 Å². The molecule has 7 nitrogen and oxygen atoms in total. The van der Waals surface area contributed by atoms with Gasteiger partial charge in [0.2, 0.25) is 17.6 Å². The molecule has 1 atom stereocenters. The van der Waals surface area contributed by atoms with E-state index in [4.69, 9.17) is 8.94 Å². The molecular weight excluding hydrogens is 332 g/mol. The Balaban J connectivity index is 1.45.